The van der Waals surface area contributed by atoms with E-state index in [1.807, 2.05) is 0 Å². The fraction of sp³-hybridized carbons (Fsp3) is 0.481. The summed E-state index contributed by atoms with van der Waals surface area (Å²) < 4.78 is 377. The van der Waals surface area contributed by atoms with Crippen molar-refractivity contribution < 1.29 is 140 Å². The van der Waals surface area contributed by atoms with Gasteiger partial charge in [-0.3, -0.25) is 8.57 Å². The van der Waals surface area contributed by atoms with E-state index in [-0.39, 0.29) is 6.42 Å². The molecule has 0 heterocycles. The summed E-state index contributed by atoms with van der Waals surface area (Å²) in [5.74, 6) is -32.1. The second kappa shape index (κ2) is 17.3. The third kappa shape index (κ3) is 10.8. The Morgan fingerprint density at radius 1 is 0.413 bits per heavy atom. The normalized spacial score (nSPS) is 15.3. The van der Waals surface area contributed by atoms with E-state index in [9.17, 15) is 122 Å². The van der Waals surface area contributed by atoms with Gasteiger partial charge in [-0.25, -0.2) is 0 Å². The number of nitrogens with zero attached hydrogens (tertiary/aromatic N) is 2. The quantitative estimate of drug-likeness (QED) is 0.0625. The van der Waals surface area contributed by atoms with Crippen molar-refractivity contribution in [3.8, 4) is 11.5 Å². The van der Waals surface area contributed by atoms with Crippen LogP contribution in [0.5, 0.6) is 11.5 Å². The summed E-state index contributed by atoms with van der Waals surface area (Å²) in [5, 5.41) is -11.7. The molecule has 0 amide bonds. The van der Waals surface area contributed by atoms with Crippen LogP contribution >= 0.6 is 0 Å². The molecule has 0 saturated heterocycles. The molecule has 2 aromatic rings. The Hall–Kier alpha value is -4.80. The van der Waals surface area contributed by atoms with Crippen LogP contribution in [0.1, 0.15) is 17.5 Å². The lowest BCUT2D eigenvalue weighted by Crippen LogP contribution is -2.63. The van der Waals surface area contributed by atoms with Crippen molar-refractivity contribution in [3.05, 3.63) is 59.7 Å². The predicted molar refractivity (Wildman–Crippen MR) is 155 cm³/mol. The van der Waals surface area contributed by atoms with Gasteiger partial charge in [0.1, 0.15) is 11.5 Å². The molecule has 0 N–H and O–H groups in total. The standard InChI is InChI=1S/C27H14F24N2O8S2/c28-18(29,30)16(52-60-62(54,55)26(48,49)22(38,39)20(34,35)24(42,43)44)12-2-6-14(7-3-12)58-10-1-11-59-15-8-4-13(5-9-15)17(19(31,32)33)53-61-63(56,57)27(50,51)23(40,41)21(36,37)25(45,46)47/h2-9H,1,10-11H2/b52-16-,53-17-. The molecule has 0 saturated carbocycles. The van der Waals surface area contributed by atoms with Crippen LogP contribution in [-0.4, -0.2) is 100 Å². The number of rotatable bonds is 18. The third-order valence-corrected chi connectivity index (χ3v) is 9.24. The zero-order chi connectivity index (χ0) is 49.5. The summed E-state index contributed by atoms with van der Waals surface area (Å²) in [4.78, 5) is 0. The number of hydrogen-bond acceptors (Lipinski definition) is 10. The van der Waals surface area contributed by atoms with Crippen molar-refractivity contribution in [1.82, 2.24) is 0 Å². The lowest BCUT2D eigenvalue weighted by Gasteiger charge is -2.31. The van der Waals surface area contributed by atoms with Crippen LogP contribution in [0.3, 0.4) is 0 Å². The van der Waals surface area contributed by atoms with Crippen LogP contribution in [-0.2, 0) is 28.8 Å². The largest absolute Gasteiger partial charge is 0.493 e. The van der Waals surface area contributed by atoms with Crippen molar-refractivity contribution >= 4 is 31.7 Å². The minimum absolute atomic E-state index is 0.260. The highest BCUT2D eigenvalue weighted by Crippen LogP contribution is 2.56. The van der Waals surface area contributed by atoms with Gasteiger partial charge < -0.3 is 9.47 Å². The topological polar surface area (TPSA) is 130 Å². The van der Waals surface area contributed by atoms with E-state index in [1.54, 1.807) is 10.3 Å². The van der Waals surface area contributed by atoms with Gasteiger partial charge in [-0.2, -0.15) is 122 Å². The fourth-order valence-corrected chi connectivity index (χ4v) is 5.11. The number of ether oxygens (including phenoxy) is 2. The van der Waals surface area contributed by atoms with Crippen molar-refractivity contribution in [2.75, 3.05) is 13.2 Å². The Morgan fingerprint density at radius 2 is 0.667 bits per heavy atom. The molecule has 0 atom stereocenters. The first-order chi connectivity index (χ1) is 27.9. The first-order valence-corrected chi connectivity index (χ1v) is 17.7. The molecule has 10 nitrogen and oxygen atoms in total. The van der Waals surface area contributed by atoms with Gasteiger partial charge in [-0.05, 0) is 48.5 Å². The van der Waals surface area contributed by atoms with Gasteiger partial charge in [0.15, 0.2) is 11.4 Å². The van der Waals surface area contributed by atoms with Gasteiger partial charge >= 0.3 is 79.1 Å². The maximum absolute atomic E-state index is 13.8. The van der Waals surface area contributed by atoms with Crippen molar-refractivity contribution in [2.24, 2.45) is 10.3 Å². The van der Waals surface area contributed by atoms with Crippen LogP contribution in [0.15, 0.2) is 58.8 Å². The Balaban J connectivity index is 2.15. The second-order valence-electron chi connectivity index (χ2n) is 11.4. The van der Waals surface area contributed by atoms with Gasteiger partial charge in [0, 0.05) is 17.5 Å². The van der Waals surface area contributed by atoms with E-state index in [1.165, 1.54) is 0 Å². The van der Waals surface area contributed by atoms with Gasteiger partial charge in [-0.1, -0.05) is 10.3 Å². The van der Waals surface area contributed by atoms with Crippen LogP contribution in [0, 0.1) is 0 Å². The average molecular weight is 1010 g/mol. The molecule has 0 radical (unpaired) electrons. The monoisotopic (exact) mass is 1010 g/mol. The van der Waals surface area contributed by atoms with E-state index in [2.05, 4.69) is 8.57 Å². The van der Waals surface area contributed by atoms with Gasteiger partial charge in [0.05, 0.1) is 13.2 Å². The highest BCUT2D eigenvalue weighted by molar-refractivity contribution is 7.88. The summed E-state index contributed by atoms with van der Waals surface area (Å²) in [6.45, 7) is -0.972. The Morgan fingerprint density at radius 3 is 0.889 bits per heavy atom. The lowest BCUT2D eigenvalue weighted by atomic mass is 10.1. The Labute approximate surface area is 332 Å². The molecule has 0 aliphatic carbocycles. The first-order valence-electron chi connectivity index (χ1n) is 14.9. The third-order valence-electron chi connectivity index (χ3n) is 6.93. The summed E-state index contributed by atoms with van der Waals surface area (Å²) in [6, 6.07) is 3.62. The minimum atomic E-state index is -7.87. The number of oxime groups is 2. The van der Waals surface area contributed by atoms with Crippen LogP contribution in [0.2, 0.25) is 0 Å². The summed E-state index contributed by atoms with van der Waals surface area (Å²) in [6.07, 6.45) is -27.2. The molecule has 0 unspecified atom stereocenters. The highest BCUT2D eigenvalue weighted by atomic mass is 32.2. The smallest absolute Gasteiger partial charge is 0.460 e. The van der Waals surface area contributed by atoms with Crippen LogP contribution < -0.4 is 9.47 Å². The molecule has 0 aliphatic rings. The number of hydrogen-bond donors (Lipinski definition) is 0. The lowest BCUT2D eigenvalue weighted by molar-refractivity contribution is -0.383. The molecule has 2 aromatic carbocycles. The average Bonchev–Trinajstić information content (AvgIpc) is 3.10. The maximum atomic E-state index is 13.8. The van der Waals surface area contributed by atoms with Crippen molar-refractivity contribution in [1.29, 1.82) is 0 Å². The number of benzene rings is 2. The molecule has 36 heteroatoms. The summed E-state index contributed by atoms with van der Waals surface area (Å²) >= 11 is 0. The molecule has 2 rings (SSSR count). The molecule has 63 heavy (non-hydrogen) atoms. The highest BCUT2D eigenvalue weighted by Gasteiger charge is 2.87. The van der Waals surface area contributed by atoms with E-state index in [4.69, 9.17) is 9.47 Å². The first kappa shape index (κ1) is 54.3. The fourth-order valence-electron chi connectivity index (χ4n) is 3.70. The Kier molecular flexibility index (Phi) is 14.9. The molecule has 0 fully saturated rings. The Bertz CT molecular complexity index is 2040. The molecule has 0 bridgehead atoms. The van der Waals surface area contributed by atoms with Crippen molar-refractivity contribution in [3.63, 3.8) is 0 Å². The van der Waals surface area contributed by atoms with Crippen molar-refractivity contribution in [2.45, 2.75) is 65.3 Å². The second-order valence-corrected chi connectivity index (χ2v) is 14.5. The van der Waals surface area contributed by atoms with Crippen LogP contribution in [0.25, 0.3) is 0 Å². The SMILES string of the molecule is O=S(=O)(O/N=C(/c1ccc(OCCCOc2ccc(/C(=N/OS(=O)(=O)C(F)(F)C(F)(F)C(F)(F)C(F)(F)F)C(F)(F)F)cc2)cc1)C(F)(F)F)C(F)(F)C(F)(F)C(F)(F)C(F)(F)F. The van der Waals surface area contributed by atoms with E-state index in [0.29, 0.717) is 48.5 Å². The van der Waals surface area contributed by atoms with Gasteiger partial charge in [-0.15, -0.1) is 0 Å². The maximum Gasteiger partial charge on any atom is 0.460 e. The molecule has 0 spiro atoms. The molecule has 0 aromatic heterocycles. The molecule has 360 valence electrons. The summed E-state index contributed by atoms with van der Waals surface area (Å²) in [5.41, 5.74) is -8.04. The molecule has 0 aliphatic heterocycles. The zero-order valence-electron chi connectivity index (χ0n) is 28.8. The summed E-state index contributed by atoms with van der Waals surface area (Å²) in [7, 11) is -15.7. The number of alkyl halides is 24. The molecular weight excluding hydrogens is 1000 g/mol. The molecular formula is C27H14F24N2O8S2. The van der Waals surface area contributed by atoms with Crippen LogP contribution in [0.4, 0.5) is 105 Å². The van der Waals surface area contributed by atoms with Gasteiger partial charge in [0.2, 0.25) is 0 Å². The minimum Gasteiger partial charge on any atom is -0.493 e. The van der Waals surface area contributed by atoms with E-state index >= 15 is 0 Å². The number of halogens is 24. The van der Waals surface area contributed by atoms with Gasteiger partial charge in [0.25, 0.3) is 0 Å². The zero-order valence-corrected chi connectivity index (χ0v) is 30.4. The predicted octanol–water partition coefficient (Wildman–Crippen LogP) is 9.61. The van der Waals surface area contributed by atoms with E-state index in [0.717, 1.165) is 0 Å². The van der Waals surface area contributed by atoms with E-state index < -0.39 is 126 Å².